The molecule has 0 amide bonds. The number of halogens is 2. The van der Waals surface area contributed by atoms with E-state index in [1.165, 1.54) is 0 Å². The van der Waals surface area contributed by atoms with E-state index in [1.54, 1.807) is 7.11 Å². The predicted octanol–water partition coefficient (Wildman–Crippen LogP) is 4.99. The van der Waals surface area contributed by atoms with Crippen molar-refractivity contribution in [3.8, 4) is 0 Å². The Morgan fingerprint density at radius 2 is 1.90 bits per heavy atom. The second kappa shape index (κ2) is 6.57. The summed E-state index contributed by atoms with van der Waals surface area (Å²) in [7, 11) is 1.71. The molecule has 1 aromatic rings. The number of ether oxygens (including phenoxy) is 1. The lowest BCUT2D eigenvalue weighted by molar-refractivity contribution is -0.135. The molecule has 1 fully saturated rings. The normalized spacial score (nSPS) is 22.0. The summed E-state index contributed by atoms with van der Waals surface area (Å²) in [5.74, 6) is 0. The highest BCUT2D eigenvalue weighted by molar-refractivity contribution is 9.10. The lowest BCUT2D eigenvalue weighted by Crippen LogP contribution is -2.49. The average molecular weight is 376 g/mol. The summed E-state index contributed by atoms with van der Waals surface area (Å²) in [5, 5.41) is 11.4. The Labute approximate surface area is 141 Å². The molecule has 0 saturated heterocycles. The van der Waals surface area contributed by atoms with E-state index in [9.17, 15) is 5.11 Å². The Morgan fingerprint density at radius 3 is 2.43 bits per heavy atom. The zero-order valence-electron chi connectivity index (χ0n) is 13.0. The molecule has 1 N–H and O–H groups in total. The van der Waals surface area contributed by atoms with Gasteiger partial charge >= 0.3 is 0 Å². The first kappa shape index (κ1) is 17.3. The maximum absolute atomic E-state index is 10.7. The molecule has 21 heavy (non-hydrogen) atoms. The van der Waals surface area contributed by atoms with Crippen molar-refractivity contribution in [2.75, 3.05) is 7.11 Å². The molecule has 0 bridgehead atoms. The number of rotatable bonds is 4. The third-order valence-electron chi connectivity index (χ3n) is 4.89. The smallest absolute Gasteiger partial charge is 0.0940 e. The SMILES string of the molecule is COC1(C(O)Cc2ccc(Br)cc2Cl)CCC(C)(C)CC1. The van der Waals surface area contributed by atoms with Gasteiger partial charge in [0, 0.05) is 23.0 Å². The number of aliphatic hydroxyl groups is 1. The molecule has 0 spiro atoms. The molecule has 0 radical (unpaired) electrons. The van der Waals surface area contributed by atoms with Gasteiger partial charge in [-0.1, -0.05) is 47.4 Å². The lowest BCUT2D eigenvalue weighted by atomic mass is 9.68. The second-order valence-electron chi connectivity index (χ2n) is 6.89. The average Bonchev–Trinajstić information content (AvgIpc) is 2.42. The number of hydrogen-bond acceptors (Lipinski definition) is 2. The van der Waals surface area contributed by atoms with Crippen molar-refractivity contribution in [2.45, 2.75) is 57.7 Å². The number of benzene rings is 1. The zero-order valence-corrected chi connectivity index (χ0v) is 15.3. The van der Waals surface area contributed by atoms with Crippen LogP contribution in [-0.4, -0.2) is 23.9 Å². The topological polar surface area (TPSA) is 29.5 Å². The molecule has 4 heteroatoms. The van der Waals surface area contributed by atoms with Crippen LogP contribution in [0, 0.1) is 5.41 Å². The quantitative estimate of drug-likeness (QED) is 0.803. The highest BCUT2D eigenvalue weighted by Gasteiger charge is 2.43. The molecule has 1 aromatic carbocycles. The fraction of sp³-hybridized carbons (Fsp3) is 0.647. The summed E-state index contributed by atoms with van der Waals surface area (Å²) in [6.45, 7) is 4.56. The van der Waals surface area contributed by atoms with Crippen molar-refractivity contribution in [3.63, 3.8) is 0 Å². The van der Waals surface area contributed by atoms with E-state index in [-0.39, 0.29) is 0 Å². The Bertz CT molecular complexity index is 492. The molecule has 0 aliphatic heterocycles. The second-order valence-corrected chi connectivity index (χ2v) is 8.21. The summed E-state index contributed by atoms with van der Waals surface area (Å²) in [5.41, 5.74) is 0.872. The van der Waals surface area contributed by atoms with Gasteiger partial charge in [-0.05, 0) is 48.8 Å². The van der Waals surface area contributed by atoms with Gasteiger partial charge in [-0.3, -0.25) is 0 Å². The third-order valence-corrected chi connectivity index (χ3v) is 5.74. The fourth-order valence-electron chi connectivity index (χ4n) is 3.10. The largest absolute Gasteiger partial charge is 0.390 e. The number of methoxy groups -OCH3 is 1. The van der Waals surface area contributed by atoms with Gasteiger partial charge < -0.3 is 9.84 Å². The fourth-order valence-corrected chi connectivity index (χ4v) is 3.86. The molecular weight excluding hydrogens is 352 g/mol. The number of aliphatic hydroxyl groups excluding tert-OH is 1. The van der Waals surface area contributed by atoms with Crippen LogP contribution in [0.3, 0.4) is 0 Å². The molecule has 2 nitrogen and oxygen atoms in total. The molecular formula is C17H24BrClO2. The maximum Gasteiger partial charge on any atom is 0.0940 e. The molecule has 0 aromatic heterocycles. The molecule has 1 aliphatic carbocycles. The number of hydrogen-bond donors (Lipinski definition) is 1. The van der Waals surface area contributed by atoms with E-state index in [0.717, 1.165) is 35.7 Å². The van der Waals surface area contributed by atoms with Crippen molar-refractivity contribution in [3.05, 3.63) is 33.3 Å². The molecule has 118 valence electrons. The molecule has 2 rings (SSSR count). The Balaban J connectivity index is 2.12. The van der Waals surface area contributed by atoms with Crippen LogP contribution in [0.2, 0.25) is 5.02 Å². The molecule has 1 unspecified atom stereocenters. The van der Waals surface area contributed by atoms with E-state index < -0.39 is 11.7 Å². The van der Waals surface area contributed by atoms with Crippen LogP contribution in [-0.2, 0) is 11.2 Å². The standard InChI is InChI=1S/C17H24BrClO2/c1-16(2)6-8-17(21-3,9-7-16)15(20)10-12-4-5-13(18)11-14(12)19/h4-5,11,15,20H,6-10H2,1-3H3. The minimum atomic E-state index is -0.530. The van der Waals surface area contributed by atoms with Crippen molar-refractivity contribution >= 4 is 27.5 Å². The van der Waals surface area contributed by atoms with Gasteiger partial charge in [0.25, 0.3) is 0 Å². The molecule has 1 atom stereocenters. The highest BCUT2D eigenvalue weighted by atomic mass is 79.9. The maximum atomic E-state index is 10.7. The van der Waals surface area contributed by atoms with Gasteiger partial charge in [-0.25, -0.2) is 0 Å². The van der Waals surface area contributed by atoms with Crippen molar-refractivity contribution in [1.82, 2.24) is 0 Å². The highest BCUT2D eigenvalue weighted by Crippen LogP contribution is 2.44. The van der Waals surface area contributed by atoms with E-state index in [4.69, 9.17) is 16.3 Å². The van der Waals surface area contributed by atoms with Crippen LogP contribution in [0.4, 0.5) is 0 Å². The van der Waals surface area contributed by atoms with Crippen LogP contribution in [0.15, 0.2) is 22.7 Å². The summed E-state index contributed by atoms with van der Waals surface area (Å²) in [6.07, 6.45) is 3.94. The summed E-state index contributed by atoms with van der Waals surface area (Å²) in [6, 6.07) is 5.79. The molecule has 1 aliphatic rings. The first-order chi connectivity index (χ1) is 9.78. The van der Waals surface area contributed by atoms with E-state index in [1.807, 2.05) is 18.2 Å². The lowest BCUT2D eigenvalue weighted by Gasteiger charge is -2.45. The van der Waals surface area contributed by atoms with Gasteiger partial charge in [0.05, 0.1) is 11.7 Å². The van der Waals surface area contributed by atoms with Crippen molar-refractivity contribution in [2.24, 2.45) is 5.41 Å². The minimum absolute atomic E-state index is 0.344. The van der Waals surface area contributed by atoms with E-state index in [0.29, 0.717) is 16.9 Å². The summed E-state index contributed by atoms with van der Waals surface area (Å²) < 4.78 is 6.72. The predicted molar refractivity (Wildman–Crippen MR) is 90.9 cm³/mol. The third kappa shape index (κ3) is 4.01. The van der Waals surface area contributed by atoms with Crippen LogP contribution in [0.1, 0.15) is 45.1 Å². The van der Waals surface area contributed by atoms with Gasteiger partial charge in [0.2, 0.25) is 0 Å². The van der Waals surface area contributed by atoms with Crippen LogP contribution < -0.4 is 0 Å². The van der Waals surface area contributed by atoms with E-state index >= 15 is 0 Å². The Morgan fingerprint density at radius 1 is 1.29 bits per heavy atom. The van der Waals surface area contributed by atoms with Gasteiger partial charge in [0.15, 0.2) is 0 Å². The first-order valence-electron chi connectivity index (χ1n) is 7.45. The van der Waals surface area contributed by atoms with Crippen molar-refractivity contribution in [1.29, 1.82) is 0 Å². The Hall–Kier alpha value is -0.0900. The van der Waals surface area contributed by atoms with Crippen molar-refractivity contribution < 1.29 is 9.84 Å². The van der Waals surface area contributed by atoms with Crippen LogP contribution in [0.5, 0.6) is 0 Å². The molecule has 1 saturated carbocycles. The summed E-state index contributed by atoms with van der Waals surface area (Å²) in [4.78, 5) is 0. The van der Waals surface area contributed by atoms with Crippen LogP contribution in [0.25, 0.3) is 0 Å². The van der Waals surface area contributed by atoms with Gasteiger partial charge in [-0.2, -0.15) is 0 Å². The first-order valence-corrected chi connectivity index (χ1v) is 8.62. The van der Waals surface area contributed by atoms with Gasteiger partial charge in [-0.15, -0.1) is 0 Å². The Kier molecular flexibility index (Phi) is 5.40. The van der Waals surface area contributed by atoms with Crippen LogP contribution >= 0.6 is 27.5 Å². The van der Waals surface area contributed by atoms with Gasteiger partial charge in [0.1, 0.15) is 0 Å². The monoisotopic (exact) mass is 374 g/mol. The zero-order chi connectivity index (χ0) is 15.7. The summed E-state index contributed by atoms with van der Waals surface area (Å²) >= 11 is 9.67. The van der Waals surface area contributed by atoms with E-state index in [2.05, 4.69) is 29.8 Å². The molecule has 0 heterocycles. The minimum Gasteiger partial charge on any atom is -0.390 e.